The van der Waals surface area contributed by atoms with Crippen LogP contribution in [0.5, 0.6) is 11.5 Å². The molecule has 0 aliphatic rings. The maximum Gasteiger partial charge on any atom is 1.00 e. The summed E-state index contributed by atoms with van der Waals surface area (Å²) in [6.07, 6.45) is 0. The van der Waals surface area contributed by atoms with Crippen molar-refractivity contribution in [2.75, 3.05) is 50.4 Å². The van der Waals surface area contributed by atoms with Crippen LogP contribution in [0.4, 0.5) is 34.1 Å². The molecule has 3 aromatic rings. The molecule has 0 radical (unpaired) electrons. The summed E-state index contributed by atoms with van der Waals surface area (Å²) < 4.78 is 141. The van der Waals surface area contributed by atoms with Crippen molar-refractivity contribution in [3.05, 3.63) is 42.5 Å². The van der Waals surface area contributed by atoms with Crippen LogP contribution in [0.2, 0.25) is 0 Å². The molecule has 0 saturated carbocycles. The second kappa shape index (κ2) is 23.5. The summed E-state index contributed by atoms with van der Waals surface area (Å²) in [5, 5.41) is 28.4. The molecule has 55 heavy (non-hydrogen) atoms. The van der Waals surface area contributed by atoms with Gasteiger partial charge in [0.2, 0.25) is 10.4 Å². The largest absolute Gasteiger partial charge is 1.00 e. The van der Waals surface area contributed by atoms with E-state index in [2.05, 4.69) is 34.0 Å². The molecule has 31 heteroatoms. The van der Waals surface area contributed by atoms with Gasteiger partial charge in [0.1, 0.15) is 43.6 Å². The molecule has 4 N–H and O–H groups in total. The van der Waals surface area contributed by atoms with Crippen LogP contribution in [-0.2, 0) is 57.9 Å². The third-order valence-corrected chi connectivity index (χ3v) is 11.3. The quantitative estimate of drug-likeness (QED) is 0.0130. The average molecular weight is 899 g/mol. The molecule has 0 atom stereocenters. The van der Waals surface area contributed by atoms with Gasteiger partial charge in [-0.2, -0.15) is 5.11 Å². The fourth-order valence-corrected chi connectivity index (χ4v) is 7.53. The van der Waals surface area contributed by atoms with Crippen molar-refractivity contribution < 1.29 is 164 Å². The average Bonchev–Trinajstić information content (AvgIpc) is 3.06. The second-order valence-electron chi connectivity index (χ2n) is 9.49. The van der Waals surface area contributed by atoms with Crippen molar-refractivity contribution in [2.45, 2.75) is 14.7 Å². The van der Waals surface area contributed by atoms with E-state index in [1.54, 1.807) is 0 Å². The van der Waals surface area contributed by atoms with Gasteiger partial charge in [-0.25, -0.2) is 33.7 Å². The van der Waals surface area contributed by atoms with E-state index in [1.807, 2.05) is 0 Å². The molecule has 0 spiro atoms. The Bertz CT molecular complexity index is 2290. The predicted octanol–water partition coefficient (Wildman–Crippen LogP) is -7.56. The number of hydrogen-bond donors (Lipinski definition) is 2. The van der Waals surface area contributed by atoms with Gasteiger partial charge in [-0.15, -0.1) is 19.7 Å². The van der Waals surface area contributed by atoms with E-state index in [-0.39, 0.29) is 134 Å². The third kappa shape index (κ3) is 15.9. The molecule has 23 nitrogen and oxygen atoms in total. The molecule has 0 unspecified atom stereocenters. The molecule has 286 valence electrons. The molecule has 0 aromatic heterocycles. The minimum Gasteiger partial charge on any atom is -0.744 e. The molecule has 3 aromatic carbocycles. The van der Waals surface area contributed by atoms with Gasteiger partial charge >= 0.3 is 88.7 Å². The smallest absolute Gasteiger partial charge is 0.744 e. The molecular weight excluding hydrogens is 874 g/mol. The van der Waals surface area contributed by atoms with Gasteiger partial charge in [0.25, 0.3) is 0 Å². The first kappa shape index (κ1) is 53.9. The number of hydrogen-bond acceptors (Lipinski definition) is 24. The molecule has 0 saturated heterocycles. The summed E-state index contributed by atoms with van der Waals surface area (Å²) in [6, 6.07) is 7.29. The number of nitrogens with zero attached hydrogens (tertiary/aromatic N) is 4. The van der Waals surface area contributed by atoms with Gasteiger partial charge in [-0.3, -0.25) is 13.4 Å². The van der Waals surface area contributed by atoms with E-state index < -0.39 is 92.6 Å². The number of azo groups is 2. The Kier molecular flexibility index (Phi) is 23.0. The molecule has 0 heterocycles. The minimum absolute atomic E-state index is 0. The Balaban J connectivity index is 0.00000972. The number of nitrogen functional groups attached to an aromatic ring is 2. The summed E-state index contributed by atoms with van der Waals surface area (Å²) in [5.41, 5.74) is 9.70. The Morgan fingerprint density at radius 2 is 1.27 bits per heavy atom. The molecule has 3 rings (SSSR count). The van der Waals surface area contributed by atoms with Crippen LogP contribution in [-0.4, -0.2) is 81.7 Å². The zero-order valence-corrected chi connectivity index (χ0v) is 39.4. The number of benzene rings is 3. The summed E-state index contributed by atoms with van der Waals surface area (Å²) >= 11 is 0.109. The first-order chi connectivity index (χ1) is 24.2. The predicted molar refractivity (Wildman–Crippen MR) is 173 cm³/mol. The monoisotopic (exact) mass is 898 g/mol. The van der Waals surface area contributed by atoms with Gasteiger partial charge in [0.15, 0.2) is 32.0 Å². The molecule has 0 bridgehead atoms. The van der Waals surface area contributed by atoms with Gasteiger partial charge in [-0.05, 0) is 30.3 Å². The summed E-state index contributed by atoms with van der Waals surface area (Å²) in [4.78, 5) is -1.67. The van der Waals surface area contributed by atoms with Crippen molar-refractivity contribution in [1.29, 1.82) is 0 Å². The normalized spacial score (nSPS) is 12.2. The van der Waals surface area contributed by atoms with Crippen molar-refractivity contribution in [1.82, 2.24) is 0 Å². The molecule has 0 amide bonds. The summed E-state index contributed by atoms with van der Waals surface area (Å²) in [5.74, 6) is -1.85. The van der Waals surface area contributed by atoms with E-state index in [0.717, 1.165) is 43.5 Å². The SMILES string of the molecule is COc1cc(S(=O)(=O)CCOSOO[O-])c(OC)cc1N=Nc1cc(S(=O)(=O)[O-])c(N)c(N=Nc2ccc(S(=O)(=O)CCOS(=O)(=O)[O-])cc2)c1N.[Na+].[Na+].[Na+]. The maximum absolute atomic E-state index is 12.9. The van der Waals surface area contributed by atoms with Gasteiger partial charge in [0.05, 0.1) is 65.8 Å². The van der Waals surface area contributed by atoms with E-state index in [0.29, 0.717) is 6.07 Å². The summed E-state index contributed by atoms with van der Waals surface area (Å²) in [7, 11) is -16.3. The Morgan fingerprint density at radius 1 is 0.691 bits per heavy atom. The zero-order chi connectivity index (χ0) is 38.9. The van der Waals surface area contributed by atoms with E-state index in [9.17, 15) is 48.0 Å². The van der Waals surface area contributed by atoms with Crippen LogP contribution in [0.15, 0.2) is 77.6 Å². The van der Waals surface area contributed by atoms with E-state index in [1.165, 1.54) is 7.11 Å². The van der Waals surface area contributed by atoms with Crippen LogP contribution in [0, 0.1) is 0 Å². The van der Waals surface area contributed by atoms with Crippen molar-refractivity contribution in [3.8, 4) is 11.5 Å². The van der Waals surface area contributed by atoms with Crippen molar-refractivity contribution in [3.63, 3.8) is 0 Å². The fraction of sp³-hybridized carbons (Fsp3) is 0.250. The van der Waals surface area contributed by atoms with Crippen LogP contribution >= 0.6 is 12.3 Å². The molecule has 0 aliphatic heterocycles. The number of ether oxygens (including phenoxy) is 2. The van der Waals surface area contributed by atoms with Crippen LogP contribution in [0.1, 0.15) is 0 Å². The van der Waals surface area contributed by atoms with Crippen molar-refractivity contribution in [2.24, 2.45) is 20.5 Å². The molecule has 0 fully saturated rings. The Hall–Kier alpha value is -1.07. The van der Waals surface area contributed by atoms with Gasteiger partial charge in [0, 0.05) is 12.1 Å². The van der Waals surface area contributed by atoms with Crippen LogP contribution in [0.3, 0.4) is 0 Å². The number of sulfone groups is 2. The number of anilines is 2. The molecule has 0 aliphatic carbocycles. The Morgan fingerprint density at radius 3 is 1.82 bits per heavy atom. The van der Waals surface area contributed by atoms with Crippen molar-refractivity contribution >= 4 is 86.6 Å². The number of rotatable bonds is 19. The molecular formula is C24H25N6Na3O17S5. The number of nitrogens with two attached hydrogens (primary N) is 2. The fourth-order valence-electron chi connectivity index (χ4n) is 3.85. The maximum atomic E-state index is 12.9. The zero-order valence-electron chi connectivity index (χ0n) is 29.3. The topological polar surface area (TPSA) is 363 Å². The van der Waals surface area contributed by atoms with Gasteiger partial charge in [-0.1, -0.05) is 0 Å². The van der Waals surface area contributed by atoms with E-state index in [4.69, 9.17) is 25.1 Å². The Labute approximate surface area is 385 Å². The number of methoxy groups -OCH3 is 2. The van der Waals surface area contributed by atoms with Crippen LogP contribution < -0.4 is 115 Å². The summed E-state index contributed by atoms with van der Waals surface area (Å²) in [6.45, 7) is -1.36. The van der Waals surface area contributed by atoms with Gasteiger partial charge < -0.3 is 35.3 Å². The first-order valence-corrected chi connectivity index (χ1v) is 20.1. The first-order valence-electron chi connectivity index (χ1n) is 13.4. The minimum atomic E-state index is -5.28. The standard InChI is InChI=1S/C24H28N6O17S5.3Na/c1-42-18-13-20(50(34,35)9-7-44-48-47-46-31)19(43-2)11-16(18)28-29-17-12-21(51(36,37)38)23(26)24(22(17)25)30-27-14-3-5-15(6-4-14)49(32,33)10-8-45-52(39,40)41;;;/h3-6,11-13,31H,7-10,25-26H2,1-2H3,(H,36,37,38)(H,39,40,41);;;/q;3*+1/p-3. The van der Waals surface area contributed by atoms with E-state index >= 15 is 0 Å². The second-order valence-corrected chi connectivity index (χ2v) is 16.6. The third-order valence-electron chi connectivity index (χ3n) is 6.23. The van der Waals surface area contributed by atoms with Crippen LogP contribution in [0.25, 0.3) is 0 Å².